The average molecular weight is 301 g/mol. The number of Topliss-reactive ketones (excluding diaryl/α,β-unsaturated/α-hetero) is 2. The number of halogens is 1. The van der Waals surface area contributed by atoms with Gasteiger partial charge in [-0.05, 0) is 31.0 Å². The van der Waals surface area contributed by atoms with Gasteiger partial charge in [-0.2, -0.15) is 0 Å². The minimum Gasteiger partial charge on any atom is -0.299 e. The van der Waals surface area contributed by atoms with Crippen molar-refractivity contribution in [3.8, 4) is 0 Å². The molecule has 0 saturated heterocycles. The van der Waals surface area contributed by atoms with E-state index in [4.69, 9.17) is 11.6 Å². The van der Waals surface area contributed by atoms with Crippen LogP contribution in [0.15, 0.2) is 23.1 Å². The van der Waals surface area contributed by atoms with E-state index in [0.717, 1.165) is 19.1 Å². The molecule has 0 radical (unpaired) electrons. The third-order valence-corrected chi connectivity index (χ3v) is 4.38. The van der Waals surface area contributed by atoms with Crippen LogP contribution in [0.1, 0.15) is 29.6 Å². The van der Waals surface area contributed by atoms with Gasteiger partial charge in [0.15, 0.2) is 15.6 Å². The minimum atomic E-state index is -3.56. The maximum Gasteiger partial charge on any atom is 0.176 e. The zero-order chi connectivity index (χ0) is 14.2. The second-order valence-electron chi connectivity index (χ2n) is 4.75. The van der Waals surface area contributed by atoms with E-state index in [0.29, 0.717) is 0 Å². The number of hydrogen-bond donors (Lipinski definition) is 0. The molecule has 0 atom stereocenters. The van der Waals surface area contributed by atoms with Gasteiger partial charge in [0.2, 0.25) is 0 Å². The van der Waals surface area contributed by atoms with Crippen LogP contribution in [0.2, 0.25) is 5.02 Å². The van der Waals surface area contributed by atoms with Gasteiger partial charge in [0.1, 0.15) is 5.78 Å². The summed E-state index contributed by atoms with van der Waals surface area (Å²) in [5.74, 6) is -0.591. The fourth-order valence-electron chi connectivity index (χ4n) is 1.84. The Kier molecular flexibility index (Phi) is 3.78. The quantitative estimate of drug-likeness (QED) is 0.618. The highest BCUT2D eigenvalue weighted by molar-refractivity contribution is 7.90. The van der Waals surface area contributed by atoms with Crippen molar-refractivity contribution in [2.75, 3.05) is 6.26 Å². The van der Waals surface area contributed by atoms with Gasteiger partial charge < -0.3 is 0 Å². The molecule has 1 aliphatic carbocycles. The molecule has 0 heterocycles. The summed E-state index contributed by atoms with van der Waals surface area (Å²) >= 11 is 5.75. The number of carbonyl (C=O) groups excluding carboxylic acids is 2. The Bertz CT molecular complexity index is 645. The van der Waals surface area contributed by atoms with Crippen molar-refractivity contribution in [2.24, 2.45) is 5.92 Å². The molecule has 102 valence electrons. The first-order chi connectivity index (χ1) is 8.79. The SMILES string of the molecule is CS(=O)(=O)c1cc(Cl)ccc1C(=O)CC(=O)C1CC1. The summed E-state index contributed by atoms with van der Waals surface area (Å²) in [7, 11) is -3.56. The summed E-state index contributed by atoms with van der Waals surface area (Å²) < 4.78 is 23.3. The van der Waals surface area contributed by atoms with Crippen molar-refractivity contribution in [3.63, 3.8) is 0 Å². The second-order valence-corrected chi connectivity index (χ2v) is 7.17. The van der Waals surface area contributed by atoms with Gasteiger partial charge in [0.05, 0.1) is 11.3 Å². The maximum absolute atomic E-state index is 12.0. The van der Waals surface area contributed by atoms with E-state index in [1.54, 1.807) is 0 Å². The van der Waals surface area contributed by atoms with Gasteiger partial charge in [-0.15, -0.1) is 0 Å². The van der Waals surface area contributed by atoms with Crippen molar-refractivity contribution in [1.82, 2.24) is 0 Å². The fourth-order valence-corrected chi connectivity index (χ4v) is 3.00. The summed E-state index contributed by atoms with van der Waals surface area (Å²) in [5.41, 5.74) is 0.0425. The zero-order valence-electron chi connectivity index (χ0n) is 10.3. The molecule has 0 N–H and O–H groups in total. The Hall–Kier alpha value is -1.20. The number of hydrogen-bond acceptors (Lipinski definition) is 4. The number of ketones is 2. The third-order valence-electron chi connectivity index (χ3n) is 3.01. The molecular formula is C13H13ClO4S. The smallest absolute Gasteiger partial charge is 0.176 e. The van der Waals surface area contributed by atoms with Gasteiger partial charge >= 0.3 is 0 Å². The van der Waals surface area contributed by atoms with Crippen molar-refractivity contribution in [1.29, 1.82) is 0 Å². The van der Waals surface area contributed by atoms with Crippen LogP contribution < -0.4 is 0 Å². The third kappa shape index (κ3) is 3.42. The molecule has 1 aromatic carbocycles. The molecule has 0 aromatic heterocycles. The largest absolute Gasteiger partial charge is 0.299 e. The lowest BCUT2D eigenvalue weighted by molar-refractivity contribution is -0.119. The highest BCUT2D eigenvalue weighted by atomic mass is 35.5. The summed E-state index contributed by atoms with van der Waals surface area (Å²) in [6, 6.07) is 4.05. The van der Waals surface area contributed by atoms with Gasteiger partial charge in [-0.3, -0.25) is 9.59 Å². The number of sulfone groups is 1. The molecule has 19 heavy (non-hydrogen) atoms. The normalized spacial score (nSPS) is 15.3. The highest BCUT2D eigenvalue weighted by Gasteiger charge is 2.31. The van der Waals surface area contributed by atoms with Crippen LogP contribution in [0.5, 0.6) is 0 Å². The van der Waals surface area contributed by atoms with Gasteiger partial charge in [0.25, 0.3) is 0 Å². The standard InChI is InChI=1S/C13H13ClO4S/c1-19(17,18)13-6-9(14)4-5-10(13)12(16)7-11(15)8-2-3-8/h4-6,8H,2-3,7H2,1H3. The summed E-state index contributed by atoms with van der Waals surface area (Å²) in [5, 5.41) is 0.241. The first kappa shape index (κ1) is 14.2. The molecule has 0 bridgehead atoms. The van der Waals surface area contributed by atoms with Crippen LogP contribution in [-0.2, 0) is 14.6 Å². The zero-order valence-corrected chi connectivity index (χ0v) is 11.9. The Balaban J connectivity index is 2.33. The molecule has 1 aliphatic rings. The molecule has 4 nitrogen and oxygen atoms in total. The monoisotopic (exact) mass is 300 g/mol. The summed E-state index contributed by atoms with van der Waals surface area (Å²) in [4.78, 5) is 23.5. The maximum atomic E-state index is 12.0. The van der Waals surface area contributed by atoms with Crippen LogP contribution in [0.4, 0.5) is 0 Å². The first-order valence-corrected chi connectivity index (χ1v) is 8.11. The van der Waals surface area contributed by atoms with E-state index in [1.807, 2.05) is 0 Å². The van der Waals surface area contributed by atoms with Crippen molar-refractivity contribution >= 4 is 33.0 Å². The molecule has 1 saturated carbocycles. The topological polar surface area (TPSA) is 68.3 Å². The van der Waals surface area contributed by atoms with E-state index in [1.165, 1.54) is 18.2 Å². The molecule has 2 rings (SSSR count). The van der Waals surface area contributed by atoms with Crippen molar-refractivity contribution < 1.29 is 18.0 Å². The van der Waals surface area contributed by atoms with Gasteiger partial charge in [0, 0.05) is 22.8 Å². The molecule has 0 aliphatic heterocycles. The lowest BCUT2D eigenvalue weighted by Gasteiger charge is -2.07. The van der Waals surface area contributed by atoms with E-state index < -0.39 is 15.6 Å². The highest BCUT2D eigenvalue weighted by Crippen LogP contribution is 2.32. The Labute approximate surface area is 116 Å². The first-order valence-electron chi connectivity index (χ1n) is 5.84. The fraction of sp³-hybridized carbons (Fsp3) is 0.385. The van der Waals surface area contributed by atoms with Gasteiger partial charge in [-0.1, -0.05) is 11.6 Å². The van der Waals surface area contributed by atoms with Crippen LogP contribution in [0.3, 0.4) is 0 Å². The van der Waals surface area contributed by atoms with Crippen molar-refractivity contribution in [3.05, 3.63) is 28.8 Å². The Morgan fingerprint density at radius 2 is 1.95 bits per heavy atom. The molecule has 0 unspecified atom stereocenters. The van der Waals surface area contributed by atoms with Crippen molar-refractivity contribution in [2.45, 2.75) is 24.2 Å². The van der Waals surface area contributed by atoms with Crippen LogP contribution >= 0.6 is 11.6 Å². The van der Waals surface area contributed by atoms with Crippen LogP contribution in [0, 0.1) is 5.92 Å². The number of benzene rings is 1. The predicted octanol–water partition coefficient (Wildman–Crippen LogP) is 2.30. The molecular weight excluding hydrogens is 288 g/mol. The van der Waals surface area contributed by atoms with E-state index >= 15 is 0 Å². The molecule has 1 aromatic rings. The second kappa shape index (κ2) is 5.06. The molecule has 6 heteroatoms. The molecule has 1 fully saturated rings. The number of carbonyl (C=O) groups is 2. The lowest BCUT2D eigenvalue weighted by atomic mass is 10.0. The van der Waals surface area contributed by atoms with E-state index in [9.17, 15) is 18.0 Å². The van der Waals surface area contributed by atoms with Gasteiger partial charge in [-0.25, -0.2) is 8.42 Å². The predicted molar refractivity (Wildman–Crippen MR) is 71.2 cm³/mol. The van der Waals surface area contributed by atoms with E-state index in [-0.39, 0.29) is 33.6 Å². The summed E-state index contributed by atoms with van der Waals surface area (Å²) in [6.07, 6.45) is 2.42. The lowest BCUT2D eigenvalue weighted by Crippen LogP contribution is -2.13. The number of rotatable bonds is 5. The molecule has 0 spiro atoms. The Morgan fingerprint density at radius 1 is 1.32 bits per heavy atom. The molecule has 0 amide bonds. The van der Waals surface area contributed by atoms with Crippen LogP contribution in [0.25, 0.3) is 0 Å². The average Bonchev–Trinajstić information content (AvgIpc) is 3.11. The summed E-state index contributed by atoms with van der Waals surface area (Å²) in [6.45, 7) is 0. The Morgan fingerprint density at radius 3 is 2.47 bits per heavy atom. The van der Waals surface area contributed by atoms with E-state index in [2.05, 4.69) is 0 Å². The van der Waals surface area contributed by atoms with Crippen LogP contribution in [-0.4, -0.2) is 26.2 Å². The minimum absolute atomic E-state index is 0.0158.